The van der Waals surface area contributed by atoms with Crippen LogP contribution < -0.4 is 4.90 Å². The monoisotopic (exact) mass is 655 g/mol. The Morgan fingerprint density at radius 2 is 0.902 bits per heavy atom. The van der Waals surface area contributed by atoms with Crippen molar-refractivity contribution in [2.45, 2.75) is 50.4 Å². The highest BCUT2D eigenvalue weighted by molar-refractivity contribution is 5.93. The second kappa shape index (κ2) is 11.4. The van der Waals surface area contributed by atoms with Crippen molar-refractivity contribution in [1.82, 2.24) is 0 Å². The Hall–Kier alpha value is -5.66. The van der Waals surface area contributed by atoms with Gasteiger partial charge in [-0.2, -0.15) is 0 Å². The van der Waals surface area contributed by atoms with Gasteiger partial charge >= 0.3 is 0 Å². The third-order valence-electron chi connectivity index (χ3n) is 12.2. The molecule has 7 aromatic rings. The van der Waals surface area contributed by atoms with Crippen LogP contribution in [-0.2, 0) is 10.8 Å². The summed E-state index contributed by atoms with van der Waals surface area (Å²) in [6.07, 6.45) is 5.04. The quantitative estimate of drug-likeness (QED) is 0.178. The molecule has 1 saturated carbocycles. The van der Waals surface area contributed by atoms with Gasteiger partial charge in [0, 0.05) is 27.9 Å². The molecule has 3 aliphatic carbocycles. The maximum atomic E-state index is 2.51. The average molecular weight is 656 g/mol. The van der Waals surface area contributed by atoms with Gasteiger partial charge in [0.15, 0.2) is 0 Å². The third-order valence-corrected chi connectivity index (χ3v) is 12.2. The molecule has 3 aliphatic rings. The van der Waals surface area contributed by atoms with Gasteiger partial charge in [-0.15, -0.1) is 0 Å². The van der Waals surface area contributed by atoms with Gasteiger partial charge in [0.1, 0.15) is 0 Å². The minimum Gasteiger partial charge on any atom is -0.310 e. The van der Waals surface area contributed by atoms with Gasteiger partial charge < -0.3 is 4.90 Å². The van der Waals surface area contributed by atoms with E-state index in [2.05, 4.69) is 183 Å². The van der Waals surface area contributed by atoms with Crippen LogP contribution in [0.25, 0.3) is 44.5 Å². The van der Waals surface area contributed by atoms with Crippen LogP contribution in [0.15, 0.2) is 164 Å². The van der Waals surface area contributed by atoms with Crippen LogP contribution in [0.2, 0.25) is 0 Å². The highest BCUT2D eigenvalue weighted by Crippen LogP contribution is 2.58. The van der Waals surface area contributed by atoms with Crippen LogP contribution in [-0.4, -0.2) is 0 Å². The van der Waals surface area contributed by atoms with Crippen molar-refractivity contribution >= 4 is 17.1 Å². The molecule has 0 radical (unpaired) electrons. The van der Waals surface area contributed by atoms with E-state index in [-0.39, 0.29) is 10.8 Å². The zero-order valence-corrected chi connectivity index (χ0v) is 29.4. The van der Waals surface area contributed by atoms with E-state index in [9.17, 15) is 0 Å². The first-order valence-corrected chi connectivity index (χ1v) is 18.6. The summed E-state index contributed by atoms with van der Waals surface area (Å²) < 4.78 is 0. The lowest BCUT2D eigenvalue weighted by molar-refractivity contribution is 0.550. The molecule has 0 aliphatic heterocycles. The topological polar surface area (TPSA) is 3.24 Å². The van der Waals surface area contributed by atoms with Crippen molar-refractivity contribution in [3.8, 4) is 44.5 Å². The van der Waals surface area contributed by atoms with Crippen molar-refractivity contribution in [3.63, 3.8) is 0 Å². The SMILES string of the molecule is CC1(C)c2ccccc2-c2cccc(-c3ccccc3-c3ccc(N(c4ccccc4)c4ccc5c(c4)C4(CCCC4)c4ccccc4-5)cc3)c21. The molecule has 0 amide bonds. The summed E-state index contributed by atoms with van der Waals surface area (Å²) in [6, 6.07) is 61.2. The Labute approximate surface area is 301 Å². The Bertz CT molecular complexity index is 2440. The molecule has 10 rings (SSSR count). The Balaban J connectivity index is 1.07. The number of hydrogen-bond donors (Lipinski definition) is 0. The summed E-state index contributed by atoms with van der Waals surface area (Å²) >= 11 is 0. The molecule has 1 heteroatoms. The summed E-state index contributed by atoms with van der Waals surface area (Å²) in [5.74, 6) is 0. The first-order chi connectivity index (χ1) is 25.0. The second-order valence-electron chi connectivity index (χ2n) is 15.2. The van der Waals surface area contributed by atoms with E-state index in [0.717, 1.165) is 5.69 Å². The zero-order valence-electron chi connectivity index (χ0n) is 29.4. The van der Waals surface area contributed by atoms with E-state index in [0.29, 0.717) is 0 Å². The lowest BCUT2D eigenvalue weighted by atomic mass is 9.76. The normalized spacial score (nSPS) is 15.6. The van der Waals surface area contributed by atoms with Crippen LogP contribution in [0.3, 0.4) is 0 Å². The van der Waals surface area contributed by atoms with Gasteiger partial charge in [-0.05, 0) is 116 Å². The van der Waals surface area contributed by atoms with Gasteiger partial charge in [-0.3, -0.25) is 0 Å². The standard InChI is InChI=1S/C50H41N/c1-49(2)45-23-10-8-20-41(45)44-22-14-21-43(48(44)49)39-18-7-6-17-38(39)34-25-27-36(28-26-34)51(35-15-4-3-5-16-35)37-29-30-42-40-19-9-11-24-46(40)50(47(42)33-37)31-12-13-32-50/h3-11,14-30,33H,12-13,31-32H2,1-2H3. The highest BCUT2D eigenvalue weighted by Gasteiger charge is 2.45. The summed E-state index contributed by atoms with van der Waals surface area (Å²) in [4.78, 5) is 2.44. The average Bonchev–Trinajstić information content (AvgIpc) is 3.85. The van der Waals surface area contributed by atoms with Crippen LogP contribution >= 0.6 is 0 Å². The molecule has 0 aromatic heterocycles. The molecule has 0 heterocycles. The summed E-state index contributed by atoms with van der Waals surface area (Å²) in [5, 5.41) is 0. The smallest absolute Gasteiger partial charge is 0.0465 e. The molecule has 1 fully saturated rings. The number of benzene rings is 7. The van der Waals surface area contributed by atoms with Crippen LogP contribution in [0, 0.1) is 0 Å². The predicted molar refractivity (Wildman–Crippen MR) is 214 cm³/mol. The molecular formula is C50H41N. The lowest BCUT2D eigenvalue weighted by Gasteiger charge is -2.30. The molecule has 246 valence electrons. The van der Waals surface area contributed by atoms with Crippen LogP contribution in [0.4, 0.5) is 17.1 Å². The van der Waals surface area contributed by atoms with Gasteiger partial charge in [0.2, 0.25) is 0 Å². The van der Waals surface area contributed by atoms with Gasteiger partial charge in [-0.25, -0.2) is 0 Å². The summed E-state index contributed by atoms with van der Waals surface area (Å²) in [7, 11) is 0. The molecule has 1 spiro atoms. The molecule has 0 saturated heterocycles. The molecule has 51 heavy (non-hydrogen) atoms. The molecule has 7 aromatic carbocycles. The summed E-state index contributed by atoms with van der Waals surface area (Å²) in [6.45, 7) is 4.76. The van der Waals surface area contributed by atoms with Crippen molar-refractivity contribution in [2.75, 3.05) is 4.90 Å². The largest absolute Gasteiger partial charge is 0.310 e. The maximum absolute atomic E-state index is 2.51. The third kappa shape index (κ3) is 4.47. The number of hydrogen-bond acceptors (Lipinski definition) is 1. The van der Waals surface area contributed by atoms with Crippen LogP contribution in [0.5, 0.6) is 0 Å². The predicted octanol–water partition coefficient (Wildman–Crippen LogP) is 13.6. The number of anilines is 3. The number of nitrogens with zero attached hydrogens (tertiary/aromatic N) is 1. The van der Waals surface area contributed by atoms with Gasteiger partial charge in [0.05, 0.1) is 0 Å². The minimum absolute atomic E-state index is 0.0794. The number of rotatable bonds is 5. The summed E-state index contributed by atoms with van der Waals surface area (Å²) in [5.41, 5.74) is 20.1. The van der Waals surface area contributed by atoms with Gasteiger partial charge in [0.25, 0.3) is 0 Å². The van der Waals surface area contributed by atoms with Gasteiger partial charge in [-0.1, -0.05) is 154 Å². The van der Waals surface area contributed by atoms with Crippen molar-refractivity contribution in [2.24, 2.45) is 0 Å². The highest BCUT2D eigenvalue weighted by atomic mass is 15.1. The molecule has 0 bridgehead atoms. The lowest BCUT2D eigenvalue weighted by Crippen LogP contribution is -2.21. The van der Waals surface area contributed by atoms with Crippen molar-refractivity contribution in [1.29, 1.82) is 0 Å². The number of para-hydroxylation sites is 1. The van der Waals surface area contributed by atoms with E-state index in [1.165, 1.54) is 104 Å². The fourth-order valence-corrected chi connectivity index (χ4v) is 9.96. The Morgan fingerprint density at radius 1 is 0.392 bits per heavy atom. The first-order valence-electron chi connectivity index (χ1n) is 18.6. The van der Waals surface area contributed by atoms with Crippen molar-refractivity contribution < 1.29 is 0 Å². The maximum Gasteiger partial charge on any atom is 0.0465 e. The zero-order chi connectivity index (χ0) is 34.2. The fraction of sp³-hybridized carbons (Fsp3) is 0.160. The Kier molecular flexibility index (Phi) is 6.77. The van der Waals surface area contributed by atoms with E-state index >= 15 is 0 Å². The second-order valence-corrected chi connectivity index (χ2v) is 15.2. The van der Waals surface area contributed by atoms with Crippen molar-refractivity contribution in [3.05, 3.63) is 186 Å². The molecule has 0 N–H and O–H groups in total. The minimum atomic E-state index is -0.0794. The first kappa shape index (κ1) is 30.2. The number of fused-ring (bicyclic) bond motifs is 8. The molecule has 0 unspecified atom stereocenters. The van der Waals surface area contributed by atoms with E-state index in [1.54, 1.807) is 0 Å². The Morgan fingerprint density at radius 3 is 1.63 bits per heavy atom. The van der Waals surface area contributed by atoms with E-state index < -0.39 is 0 Å². The molecular weight excluding hydrogens is 615 g/mol. The van der Waals surface area contributed by atoms with E-state index in [4.69, 9.17) is 0 Å². The fourth-order valence-electron chi connectivity index (χ4n) is 9.96. The molecule has 1 nitrogen and oxygen atoms in total. The van der Waals surface area contributed by atoms with Crippen LogP contribution in [0.1, 0.15) is 61.8 Å². The van der Waals surface area contributed by atoms with E-state index in [1.807, 2.05) is 0 Å². The molecule has 0 atom stereocenters.